The predicted molar refractivity (Wildman–Crippen MR) is 60.8 cm³/mol. The summed E-state index contributed by atoms with van der Waals surface area (Å²) in [6.45, 7) is 1.67. The number of anilines is 1. The summed E-state index contributed by atoms with van der Waals surface area (Å²) < 4.78 is 4.96. The topological polar surface area (TPSA) is 45.0 Å². The predicted octanol–water partition coefficient (Wildman–Crippen LogP) is 2.40. The first-order valence-electron chi connectivity index (χ1n) is 5.10. The van der Waals surface area contributed by atoms with E-state index in [1.807, 2.05) is 24.3 Å². The second kappa shape index (κ2) is 6.86. The van der Waals surface area contributed by atoms with Crippen LogP contribution in [0.5, 0.6) is 0 Å². The van der Waals surface area contributed by atoms with E-state index in [-0.39, 0.29) is 0 Å². The van der Waals surface area contributed by atoms with Crippen LogP contribution < -0.4 is 5.32 Å². The first-order chi connectivity index (χ1) is 7.38. The van der Waals surface area contributed by atoms with Gasteiger partial charge >= 0.3 is 0 Å². The minimum Gasteiger partial charge on any atom is -0.385 e. The molecule has 1 rings (SSSR count). The van der Waals surface area contributed by atoms with Crippen molar-refractivity contribution in [3.63, 3.8) is 0 Å². The standard InChI is InChI=1S/C12H16N2O/c1-15-9-5-4-8-14-12-7-3-2-6-11(12)10-13/h2-3,6-7,14H,4-5,8-9H2,1H3. The van der Waals surface area contributed by atoms with E-state index >= 15 is 0 Å². The lowest BCUT2D eigenvalue weighted by molar-refractivity contribution is 0.194. The molecule has 80 valence electrons. The molecule has 3 nitrogen and oxygen atoms in total. The van der Waals surface area contributed by atoms with Gasteiger partial charge in [0.15, 0.2) is 0 Å². The Balaban J connectivity index is 2.34. The van der Waals surface area contributed by atoms with Gasteiger partial charge in [-0.3, -0.25) is 0 Å². The molecule has 0 aliphatic rings. The van der Waals surface area contributed by atoms with Crippen molar-refractivity contribution in [1.29, 1.82) is 5.26 Å². The van der Waals surface area contributed by atoms with Crippen molar-refractivity contribution in [2.24, 2.45) is 0 Å². The van der Waals surface area contributed by atoms with Gasteiger partial charge < -0.3 is 10.1 Å². The molecule has 3 heteroatoms. The molecule has 0 fully saturated rings. The average Bonchev–Trinajstić information content (AvgIpc) is 2.29. The van der Waals surface area contributed by atoms with Crippen molar-refractivity contribution in [3.8, 4) is 6.07 Å². The van der Waals surface area contributed by atoms with Crippen molar-refractivity contribution in [1.82, 2.24) is 0 Å². The van der Waals surface area contributed by atoms with E-state index in [2.05, 4.69) is 11.4 Å². The Kier molecular flexibility index (Phi) is 5.28. The quantitative estimate of drug-likeness (QED) is 0.724. The Hall–Kier alpha value is -1.53. The Morgan fingerprint density at radius 3 is 2.87 bits per heavy atom. The first-order valence-corrected chi connectivity index (χ1v) is 5.10. The highest BCUT2D eigenvalue weighted by molar-refractivity contribution is 5.56. The van der Waals surface area contributed by atoms with Gasteiger partial charge in [-0.15, -0.1) is 0 Å². The van der Waals surface area contributed by atoms with E-state index in [1.165, 1.54) is 0 Å². The van der Waals surface area contributed by atoms with Crippen LogP contribution in [0.1, 0.15) is 18.4 Å². The summed E-state index contributed by atoms with van der Waals surface area (Å²) in [5.74, 6) is 0. The second-order valence-electron chi connectivity index (χ2n) is 3.28. The van der Waals surface area contributed by atoms with Gasteiger partial charge in [0.1, 0.15) is 6.07 Å². The van der Waals surface area contributed by atoms with Crippen molar-refractivity contribution in [3.05, 3.63) is 29.8 Å². The Morgan fingerprint density at radius 1 is 1.33 bits per heavy atom. The molecule has 1 aromatic rings. The number of nitriles is 1. The maximum atomic E-state index is 8.85. The third-order valence-corrected chi connectivity index (χ3v) is 2.14. The van der Waals surface area contributed by atoms with Crippen LogP contribution in [0, 0.1) is 11.3 Å². The fourth-order valence-corrected chi connectivity index (χ4v) is 1.33. The second-order valence-corrected chi connectivity index (χ2v) is 3.28. The van der Waals surface area contributed by atoms with Gasteiger partial charge in [0.25, 0.3) is 0 Å². The largest absolute Gasteiger partial charge is 0.385 e. The number of para-hydroxylation sites is 1. The first kappa shape index (κ1) is 11.5. The van der Waals surface area contributed by atoms with Crippen LogP contribution in [-0.2, 0) is 4.74 Å². The number of methoxy groups -OCH3 is 1. The summed E-state index contributed by atoms with van der Waals surface area (Å²) in [5, 5.41) is 12.1. The maximum absolute atomic E-state index is 8.85. The molecule has 0 aliphatic heterocycles. The van der Waals surface area contributed by atoms with E-state index in [9.17, 15) is 0 Å². The zero-order valence-electron chi connectivity index (χ0n) is 8.99. The van der Waals surface area contributed by atoms with Crippen molar-refractivity contribution in [2.75, 3.05) is 25.6 Å². The van der Waals surface area contributed by atoms with E-state index in [0.717, 1.165) is 31.7 Å². The highest BCUT2D eigenvalue weighted by Crippen LogP contribution is 2.13. The van der Waals surface area contributed by atoms with Gasteiger partial charge in [0.2, 0.25) is 0 Å². The molecule has 0 saturated heterocycles. The SMILES string of the molecule is COCCCCNc1ccccc1C#N. The number of ether oxygens (including phenoxy) is 1. The van der Waals surface area contributed by atoms with E-state index in [1.54, 1.807) is 7.11 Å². The van der Waals surface area contributed by atoms with Crippen molar-refractivity contribution < 1.29 is 4.74 Å². The van der Waals surface area contributed by atoms with Gasteiger partial charge in [-0.05, 0) is 25.0 Å². The zero-order valence-corrected chi connectivity index (χ0v) is 8.99. The number of hydrogen-bond acceptors (Lipinski definition) is 3. The van der Waals surface area contributed by atoms with Crippen LogP contribution in [0.4, 0.5) is 5.69 Å². The van der Waals surface area contributed by atoms with Gasteiger partial charge in [0.05, 0.1) is 11.3 Å². The molecule has 0 amide bonds. The Labute approximate surface area is 90.7 Å². The highest BCUT2D eigenvalue weighted by atomic mass is 16.5. The van der Waals surface area contributed by atoms with Gasteiger partial charge in [0, 0.05) is 20.3 Å². The number of unbranched alkanes of at least 4 members (excludes halogenated alkanes) is 1. The molecule has 0 spiro atoms. The van der Waals surface area contributed by atoms with E-state index in [4.69, 9.17) is 10.00 Å². The van der Waals surface area contributed by atoms with Gasteiger partial charge in [-0.25, -0.2) is 0 Å². The molecule has 0 atom stereocenters. The van der Waals surface area contributed by atoms with E-state index < -0.39 is 0 Å². The van der Waals surface area contributed by atoms with Crippen LogP contribution in [0.3, 0.4) is 0 Å². The summed E-state index contributed by atoms with van der Waals surface area (Å²) in [7, 11) is 1.71. The number of hydrogen-bond donors (Lipinski definition) is 1. The molecule has 0 radical (unpaired) electrons. The lowest BCUT2D eigenvalue weighted by Crippen LogP contribution is -2.04. The molecule has 0 heterocycles. The fourth-order valence-electron chi connectivity index (χ4n) is 1.33. The van der Waals surface area contributed by atoms with Gasteiger partial charge in [-0.1, -0.05) is 12.1 Å². The van der Waals surface area contributed by atoms with Crippen LogP contribution in [0.2, 0.25) is 0 Å². The molecule has 0 saturated carbocycles. The molecule has 0 aliphatic carbocycles. The molecule has 15 heavy (non-hydrogen) atoms. The van der Waals surface area contributed by atoms with Crippen LogP contribution in [0.25, 0.3) is 0 Å². The zero-order chi connectivity index (χ0) is 10.9. The smallest absolute Gasteiger partial charge is 0.101 e. The molecule has 1 aromatic carbocycles. The lowest BCUT2D eigenvalue weighted by Gasteiger charge is -2.07. The van der Waals surface area contributed by atoms with Crippen LogP contribution >= 0.6 is 0 Å². The van der Waals surface area contributed by atoms with Crippen molar-refractivity contribution >= 4 is 5.69 Å². The maximum Gasteiger partial charge on any atom is 0.101 e. The fraction of sp³-hybridized carbons (Fsp3) is 0.417. The number of nitrogens with one attached hydrogen (secondary N) is 1. The van der Waals surface area contributed by atoms with Crippen molar-refractivity contribution in [2.45, 2.75) is 12.8 Å². The minimum atomic E-state index is 0.698. The average molecular weight is 204 g/mol. The Bertz CT molecular complexity index is 331. The van der Waals surface area contributed by atoms with E-state index in [0.29, 0.717) is 5.56 Å². The lowest BCUT2D eigenvalue weighted by atomic mass is 10.2. The number of nitrogens with zero attached hydrogens (tertiary/aromatic N) is 1. The van der Waals surface area contributed by atoms with Crippen LogP contribution in [-0.4, -0.2) is 20.3 Å². The third-order valence-electron chi connectivity index (χ3n) is 2.14. The normalized spacial score (nSPS) is 9.60. The molecular weight excluding hydrogens is 188 g/mol. The number of benzene rings is 1. The molecule has 1 N–H and O–H groups in total. The highest BCUT2D eigenvalue weighted by Gasteiger charge is 1.98. The molecular formula is C12H16N2O. The summed E-state index contributed by atoms with van der Waals surface area (Å²) in [5.41, 5.74) is 1.61. The summed E-state index contributed by atoms with van der Waals surface area (Å²) in [4.78, 5) is 0. The monoisotopic (exact) mass is 204 g/mol. The number of rotatable bonds is 6. The summed E-state index contributed by atoms with van der Waals surface area (Å²) in [6, 6.07) is 9.70. The van der Waals surface area contributed by atoms with Crippen LogP contribution in [0.15, 0.2) is 24.3 Å². The molecule has 0 bridgehead atoms. The molecule has 0 unspecified atom stereocenters. The summed E-state index contributed by atoms with van der Waals surface area (Å²) >= 11 is 0. The summed E-state index contributed by atoms with van der Waals surface area (Å²) in [6.07, 6.45) is 2.09. The van der Waals surface area contributed by atoms with Gasteiger partial charge in [-0.2, -0.15) is 5.26 Å². The Morgan fingerprint density at radius 2 is 2.13 bits per heavy atom. The molecule has 0 aromatic heterocycles. The minimum absolute atomic E-state index is 0.698. The third kappa shape index (κ3) is 4.01.